The van der Waals surface area contributed by atoms with Crippen molar-refractivity contribution in [3.63, 3.8) is 0 Å². The summed E-state index contributed by atoms with van der Waals surface area (Å²) >= 11 is 0. The minimum Gasteiger partial charge on any atom is -0.271 e. The lowest BCUT2D eigenvalue weighted by Gasteiger charge is -2.19. The number of nitrogens with two attached hydrogens (primary N) is 1. The Morgan fingerprint density at radius 1 is 1.22 bits per heavy atom. The monoisotopic (exact) mass is 245 g/mol. The molecule has 0 radical (unpaired) electrons. The molecular formula is C15H23N3. The topological polar surface area (TPSA) is 50.9 Å². The molecule has 1 aromatic heterocycles. The van der Waals surface area contributed by atoms with Crippen molar-refractivity contribution in [2.45, 2.75) is 51.0 Å². The largest absolute Gasteiger partial charge is 0.271 e. The van der Waals surface area contributed by atoms with Gasteiger partial charge in [-0.3, -0.25) is 16.3 Å². The zero-order chi connectivity index (χ0) is 12.6. The molecule has 2 rings (SSSR count). The molecule has 1 aromatic rings. The van der Waals surface area contributed by atoms with E-state index in [1.54, 1.807) is 0 Å². The van der Waals surface area contributed by atoms with E-state index >= 15 is 0 Å². The van der Waals surface area contributed by atoms with Gasteiger partial charge in [-0.2, -0.15) is 0 Å². The van der Waals surface area contributed by atoms with Crippen LogP contribution in [0.15, 0.2) is 36.2 Å². The molecule has 18 heavy (non-hydrogen) atoms. The van der Waals surface area contributed by atoms with E-state index in [-0.39, 0.29) is 0 Å². The molecule has 1 heterocycles. The lowest BCUT2D eigenvalue weighted by molar-refractivity contribution is 0.532. The van der Waals surface area contributed by atoms with Crippen LogP contribution in [0.1, 0.15) is 44.1 Å². The quantitative estimate of drug-likeness (QED) is 0.476. The lowest BCUT2D eigenvalue weighted by atomic mass is 9.96. The molecule has 3 heteroatoms. The third-order valence-electron chi connectivity index (χ3n) is 3.70. The van der Waals surface area contributed by atoms with E-state index in [1.807, 2.05) is 12.4 Å². The third-order valence-corrected chi connectivity index (χ3v) is 3.70. The molecule has 1 atom stereocenters. The summed E-state index contributed by atoms with van der Waals surface area (Å²) in [5, 5.41) is 0. The molecule has 0 saturated heterocycles. The predicted octanol–water partition coefficient (Wildman–Crippen LogP) is 2.74. The molecule has 1 aliphatic carbocycles. The van der Waals surface area contributed by atoms with Gasteiger partial charge < -0.3 is 0 Å². The highest BCUT2D eigenvalue weighted by Gasteiger charge is 2.13. The van der Waals surface area contributed by atoms with Crippen molar-refractivity contribution in [1.29, 1.82) is 0 Å². The van der Waals surface area contributed by atoms with Crippen molar-refractivity contribution in [3.05, 3.63) is 41.7 Å². The zero-order valence-corrected chi connectivity index (χ0v) is 10.9. The molecule has 0 amide bonds. The number of allylic oxidation sites excluding steroid dienone is 1. The number of nitrogens with zero attached hydrogens (tertiary/aromatic N) is 1. The SMILES string of the molecule is NNC(CCc1ccncc1)C1=CCCCCC1. The molecule has 0 saturated carbocycles. The van der Waals surface area contributed by atoms with Gasteiger partial charge in [0.1, 0.15) is 0 Å². The minimum atomic E-state index is 0.330. The Kier molecular flexibility index (Phi) is 5.36. The molecule has 0 bridgehead atoms. The van der Waals surface area contributed by atoms with Gasteiger partial charge in [-0.1, -0.05) is 18.1 Å². The number of rotatable bonds is 5. The molecule has 1 unspecified atom stereocenters. The van der Waals surface area contributed by atoms with E-state index in [0.717, 1.165) is 12.8 Å². The predicted molar refractivity (Wildman–Crippen MR) is 74.8 cm³/mol. The standard InChI is InChI=1S/C15H23N3/c16-18-15(14-5-3-1-2-4-6-14)8-7-13-9-11-17-12-10-13/h5,9-12,15,18H,1-4,6-8,16H2. The second-order valence-corrected chi connectivity index (χ2v) is 4.99. The lowest BCUT2D eigenvalue weighted by Crippen LogP contribution is -2.37. The van der Waals surface area contributed by atoms with E-state index in [4.69, 9.17) is 5.84 Å². The average molecular weight is 245 g/mol. The Morgan fingerprint density at radius 2 is 2.06 bits per heavy atom. The minimum absolute atomic E-state index is 0.330. The Bertz CT molecular complexity index is 373. The number of hydrogen-bond acceptors (Lipinski definition) is 3. The highest BCUT2D eigenvalue weighted by molar-refractivity contribution is 5.15. The highest BCUT2D eigenvalue weighted by atomic mass is 15.2. The van der Waals surface area contributed by atoms with E-state index in [1.165, 1.54) is 43.2 Å². The molecule has 0 fully saturated rings. The van der Waals surface area contributed by atoms with Crippen LogP contribution >= 0.6 is 0 Å². The van der Waals surface area contributed by atoms with Crippen molar-refractivity contribution in [2.75, 3.05) is 0 Å². The molecule has 0 aromatic carbocycles. The Labute approximate surface area is 109 Å². The summed E-state index contributed by atoms with van der Waals surface area (Å²) in [6.45, 7) is 0. The summed E-state index contributed by atoms with van der Waals surface area (Å²) in [6.07, 6.45) is 14.6. The summed E-state index contributed by atoms with van der Waals surface area (Å²) in [4.78, 5) is 4.04. The number of aromatic nitrogens is 1. The van der Waals surface area contributed by atoms with Crippen molar-refractivity contribution >= 4 is 0 Å². The van der Waals surface area contributed by atoms with Crippen molar-refractivity contribution in [3.8, 4) is 0 Å². The van der Waals surface area contributed by atoms with Crippen LogP contribution in [0, 0.1) is 0 Å². The van der Waals surface area contributed by atoms with Crippen LogP contribution in [-0.2, 0) is 6.42 Å². The number of nitrogens with one attached hydrogen (secondary N) is 1. The van der Waals surface area contributed by atoms with Crippen molar-refractivity contribution in [1.82, 2.24) is 10.4 Å². The second-order valence-electron chi connectivity index (χ2n) is 4.99. The van der Waals surface area contributed by atoms with E-state index in [2.05, 4.69) is 28.6 Å². The van der Waals surface area contributed by atoms with Gasteiger partial charge >= 0.3 is 0 Å². The first-order valence-corrected chi connectivity index (χ1v) is 6.94. The van der Waals surface area contributed by atoms with E-state index < -0.39 is 0 Å². The molecule has 1 aliphatic rings. The van der Waals surface area contributed by atoms with Gasteiger partial charge in [-0.05, 0) is 56.2 Å². The molecule has 0 spiro atoms. The summed E-state index contributed by atoms with van der Waals surface area (Å²) in [5.41, 5.74) is 5.82. The third kappa shape index (κ3) is 3.93. The first-order valence-electron chi connectivity index (χ1n) is 6.94. The molecule has 3 nitrogen and oxygen atoms in total. The maximum absolute atomic E-state index is 5.72. The Balaban J connectivity index is 1.90. The second kappa shape index (κ2) is 7.29. The summed E-state index contributed by atoms with van der Waals surface area (Å²) in [7, 11) is 0. The maximum Gasteiger partial charge on any atom is 0.0422 e. The van der Waals surface area contributed by atoms with Crippen LogP contribution in [0.25, 0.3) is 0 Å². The first-order chi connectivity index (χ1) is 8.90. The van der Waals surface area contributed by atoms with Gasteiger partial charge in [0.2, 0.25) is 0 Å². The number of pyridine rings is 1. The summed E-state index contributed by atoms with van der Waals surface area (Å²) in [6, 6.07) is 4.49. The summed E-state index contributed by atoms with van der Waals surface area (Å²) < 4.78 is 0. The molecule has 0 aliphatic heterocycles. The van der Waals surface area contributed by atoms with Gasteiger partial charge in [0, 0.05) is 18.4 Å². The van der Waals surface area contributed by atoms with Crippen molar-refractivity contribution < 1.29 is 0 Å². The van der Waals surface area contributed by atoms with Crippen LogP contribution in [0.4, 0.5) is 0 Å². The van der Waals surface area contributed by atoms with Gasteiger partial charge in [0.25, 0.3) is 0 Å². The fourth-order valence-electron chi connectivity index (χ4n) is 2.59. The Hall–Kier alpha value is -1.19. The van der Waals surface area contributed by atoms with Crippen molar-refractivity contribution in [2.24, 2.45) is 5.84 Å². The van der Waals surface area contributed by atoms with Crippen LogP contribution in [0.3, 0.4) is 0 Å². The van der Waals surface area contributed by atoms with E-state index in [0.29, 0.717) is 6.04 Å². The van der Waals surface area contributed by atoms with E-state index in [9.17, 15) is 0 Å². The highest BCUT2D eigenvalue weighted by Crippen LogP contribution is 2.22. The van der Waals surface area contributed by atoms with Gasteiger partial charge in [-0.25, -0.2) is 0 Å². The molecular weight excluding hydrogens is 222 g/mol. The summed E-state index contributed by atoms with van der Waals surface area (Å²) in [5.74, 6) is 5.72. The maximum atomic E-state index is 5.72. The number of aryl methyl sites for hydroxylation is 1. The van der Waals surface area contributed by atoms with Crippen LogP contribution in [-0.4, -0.2) is 11.0 Å². The first kappa shape index (κ1) is 13.2. The fraction of sp³-hybridized carbons (Fsp3) is 0.533. The smallest absolute Gasteiger partial charge is 0.0422 e. The van der Waals surface area contributed by atoms with Gasteiger partial charge in [0.05, 0.1) is 0 Å². The average Bonchev–Trinajstić information content (AvgIpc) is 2.70. The normalized spacial score (nSPS) is 17.9. The molecule has 98 valence electrons. The number of hydrogen-bond donors (Lipinski definition) is 2. The van der Waals surface area contributed by atoms with Crippen LogP contribution in [0.5, 0.6) is 0 Å². The fourth-order valence-corrected chi connectivity index (χ4v) is 2.59. The van der Waals surface area contributed by atoms with Crippen LogP contribution in [0.2, 0.25) is 0 Å². The number of hydrazine groups is 1. The van der Waals surface area contributed by atoms with Crippen LogP contribution < -0.4 is 11.3 Å². The Morgan fingerprint density at radius 3 is 2.83 bits per heavy atom. The van der Waals surface area contributed by atoms with Gasteiger partial charge in [0.15, 0.2) is 0 Å². The van der Waals surface area contributed by atoms with Gasteiger partial charge in [-0.15, -0.1) is 0 Å². The zero-order valence-electron chi connectivity index (χ0n) is 10.9. The molecule has 3 N–H and O–H groups in total.